The van der Waals surface area contributed by atoms with E-state index in [1.165, 1.54) is 0 Å². The zero-order valence-corrected chi connectivity index (χ0v) is 19.9. The lowest BCUT2D eigenvalue weighted by molar-refractivity contribution is -0.139. The molecule has 2 aromatic heterocycles. The van der Waals surface area contributed by atoms with Crippen LogP contribution in [0.15, 0.2) is 42.9 Å². The van der Waals surface area contributed by atoms with E-state index in [-0.39, 0.29) is 23.7 Å². The van der Waals surface area contributed by atoms with Crippen LogP contribution in [-0.4, -0.2) is 69.6 Å². The number of rotatable bonds is 4. The minimum Gasteiger partial charge on any atom is -0.340 e. The van der Waals surface area contributed by atoms with E-state index in [1.54, 1.807) is 10.9 Å². The number of aromatic nitrogens is 3. The normalized spacial score (nSPS) is 21.5. The number of pyridine rings is 1. The van der Waals surface area contributed by atoms with Crippen LogP contribution in [0.25, 0.3) is 21.9 Å². The number of nitrogens with one attached hydrogen (secondary N) is 1. The summed E-state index contributed by atoms with van der Waals surface area (Å²) in [5.74, 6) is 0.817. The molecule has 1 saturated heterocycles. The second-order valence-electron chi connectivity index (χ2n) is 9.70. The van der Waals surface area contributed by atoms with E-state index in [0.29, 0.717) is 5.82 Å². The molecule has 1 aliphatic carbocycles. The monoisotopic (exact) mass is 460 g/mol. The minimum absolute atomic E-state index is 0.000704. The van der Waals surface area contributed by atoms with E-state index in [0.717, 1.165) is 73.8 Å². The molecule has 2 aliphatic rings. The number of likely N-dealkylation sites (N-methyl/N-ethyl adjacent to an activating group) is 1. The second-order valence-corrected chi connectivity index (χ2v) is 9.70. The van der Waals surface area contributed by atoms with Gasteiger partial charge in [-0.1, -0.05) is 12.1 Å². The van der Waals surface area contributed by atoms with E-state index >= 15 is 0 Å². The molecule has 178 valence electrons. The smallest absolute Gasteiger partial charge is 0.228 e. The maximum absolute atomic E-state index is 12.9. The number of anilines is 1. The first-order valence-electron chi connectivity index (χ1n) is 12.1. The Morgan fingerprint density at radius 2 is 1.62 bits per heavy atom. The topological polar surface area (TPSA) is 83.4 Å². The Kier molecular flexibility index (Phi) is 6.32. The van der Waals surface area contributed by atoms with Crippen LogP contribution in [0, 0.1) is 11.8 Å². The number of carbonyl (C=O) groups excluding carboxylic acids is 2. The molecule has 3 aromatic rings. The molecule has 0 unspecified atom stereocenters. The predicted molar refractivity (Wildman–Crippen MR) is 132 cm³/mol. The van der Waals surface area contributed by atoms with Crippen LogP contribution in [0.1, 0.15) is 25.7 Å². The molecule has 1 aliphatic heterocycles. The van der Waals surface area contributed by atoms with Crippen LogP contribution in [0.2, 0.25) is 0 Å². The fourth-order valence-corrected chi connectivity index (χ4v) is 5.08. The van der Waals surface area contributed by atoms with Gasteiger partial charge in [-0.25, -0.2) is 4.98 Å². The highest BCUT2D eigenvalue weighted by Gasteiger charge is 2.33. The molecule has 5 rings (SSSR count). The molecule has 3 heterocycles. The summed E-state index contributed by atoms with van der Waals surface area (Å²) in [7, 11) is 3.99. The van der Waals surface area contributed by atoms with Crippen molar-refractivity contribution in [2.24, 2.45) is 18.9 Å². The number of amides is 2. The molecule has 0 atom stereocenters. The summed E-state index contributed by atoms with van der Waals surface area (Å²) in [4.78, 5) is 34.5. The Labute approximate surface area is 199 Å². The molecular weight excluding hydrogens is 428 g/mol. The van der Waals surface area contributed by atoms with Crippen molar-refractivity contribution in [3.8, 4) is 11.1 Å². The van der Waals surface area contributed by atoms with Crippen molar-refractivity contribution in [3.63, 3.8) is 0 Å². The van der Waals surface area contributed by atoms with Crippen molar-refractivity contribution in [2.45, 2.75) is 25.7 Å². The quantitative estimate of drug-likeness (QED) is 0.647. The first-order chi connectivity index (χ1) is 16.5. The van der Waals surface area contributed by atoms with Gasteiger partial charge in [-0.2, -0.15) is 5.10 Å². The average Bonchev–Trinajstić information content (AvgIpc) is 3.30. The molecule has 0 spiro atoms. The standard InChI is InChI=1S/C26H32N6O2/c1-30-9-11-32(12-10-30)26(34)19-5-3-18(4-6-19)25(33)29-24-14-22-13-20(7-8-21(22)15-27-24)23-16-28-31(2)17-23/h7-8,13-19H,3-6,9-12H2,1-2H3,(H,27,29,33)/t18-,19-. The van der Waals surface area contributed by atoms with E-state index in [2.05, 4.69) is 39.5 Å². The van der Waals surface area contributed by atoms with Crippen molar-refractivity contribution in [1.29, 1.82) is 0 Å². The zero-order valence-electron chi connectivity index (χ0n) is 19.9. The largest absolute Gasteiger partial charge is 0.340 e. The summed E-state index contributed by atoms with van der Waals surface area (Å²) >= 11 is 0. The number of carbonyl (C=O) groups is 2. The summed E-state index contributed by atoms with van der Waals surface area (Å²) in [6, 6.07) is 8.12. The van der Waals surface area contributed by atoms with Crippen molar-refractivity contribution in [2.75, 3.05) is 38.5 Å². The van der Waals surface area contributed by atoms with Crippen LogP contribution < -0.4 is 5.32 Å². The van der Waals surface area contributed by atoms with Gasteiger partial charge in [0.2, 0.25) is 11.8 Å². The summed E-state index contributed by atoms with van der Waals surface area (Å²) in [5, 5.41) is 9.30. The van der Waals surface area contributed by atoms with Crippen molar-refractivity contribution >= 4 is 28.4 Å². The Morgan fingerprint density at radius 1 is 0.882 bits per heavy atom. The fraction of sp³-hybridized carbons (Fsp3) is 0.462. The van der Waals surface area contributed by atoms with E-state index in [9.17, 15) is 9.59 Å². The molecule has 34 heavy (non-hydrogen) atoms. The number of hydrogen-bond donors (Lipinski definition) is 1. The van der Waals surface area contributed by atoms with Gasteiger partial charge < -0.3 is 15.1 Å². The SMILES string of the molecule is CN1CCN(C(=O)[C@H]2CC[C@H](C(=O)Nc3cc4cc(-c5cnn(C)c5)ccc4cn3)CC2)CC1. The van der Waals surface area contributed by atoms with Gasteiger partial charge in [-0.05, 0) is 55.8 Å². The third-order valence-corrected chi connectivity index (χ3v) is 7.27. The molecule has 1 aromatic carbocycles. The summed E-state index contributed by atoms with van der Waals surface area (Å²) in [6.07, 6.45) is 8.67. The van der Waals surface area contributed by atoms with Crippen LogP contribution >= 0.6 is 0 Å². The highest BCUT2D eigenvalue weighted by molar-refractivity contribution is 5.95. The molecule has 8 heteroatoms. The number of fused-ring (bicyclic) bond motifs is 1. The zero-order chi connectivity index (χ0) is 23.7. The Balaban J connectivity index is 1.20. The fourth-order valence-electron chi connectivity index (χ4n) is 5.08. The van der Waals surface area contributed by atoms with Crippen molar-refractivity contribution in [1.82, 2.24) is 24.6 Å². The lowest BCUT2D eigenvalue weighted by Gasteiger charge is -2.36. The summed E-state index contributed by atoms with van der Waals surface area (Å²) in [6.45, 7) is 3.50. The second kappa shape index (κ2) is 9.54. The van der Waals surface area contributed by atoms with Crippen LogP contribution in [0.3, 0.4) is 0 Å². The Bertz CT molecular complexity index is 1190. The van der Waals surface area contributed by atoms with Crippen LogP contribution in [0.4, 0.5) is 5.82 Å². The van der Waals surface area contributed by atoms with Gasteiger partial charge >= 0.3 is 0 Å². The molecule has 1 N–H and O–H groups in total. The Hall–Kier alpha value is -3.26. The third kappa shape index (κ3) is 4.82. The third-order valence-electron chi connectivity index (χ3n) is 7.27. The van der Waals surface area contributed by atoms with Gasteiger partial charge in [0.1, 0.15) is 5.82 Å². The number of aryl methyl sites for hydroxylation is 1. The number of benzene rings is 1. The molecule has 0 radical (unpaired) electrons. The number of hydrogen-bond acceptors (Lipinski definition) is 5. The average molecular weight is 461 g/mol. The Morgan fingerprint density at radius 3 is 2.32 bits per heavy atom. The predicted octanol–water partition coefficient (Wildman–Crippen LogP) is 3.15. The first-order valence-corrected chi connectivity index (χ1v) is 12.1. The van der Waals surface area contributed by atoms with Crippen LogP contribution in [-0.2, 0) is 16.6 Å². The molecule has 2 fully saturated rings. The molecular formula is C26H32N6O2. The first kappa shape index (κ1) is 22.5. The van der Waals surface area contributed by atoms with Gasteiger partial charge in [-0.3, -0.25) is 14.3 Å². The van der Waals surface area contributed by atoms with Gasteiger partial charge in [0.25, 0.3) is 0 Å². The summed E-state index contributed by atoms with van der Waals surface area (Å²) in [5.41, 5.74) is 2.13. The lowest BCUT2D eigenvalue weighted by Crippen LogP contribution is -2.49. The highest BCUT2D eigenvalue weighted by atomic mass is 16.2. The molecule has 2 amide bonds. The molecule has 8 nitrogen and oxygen atoms in total. The number of piperazine rings is 1. The minimum atomic E-state index is -0.0734. The van der Waals surface area contributed by atoms with Gasteiger partial charge in [0.05, 0.1) is 6.20 Å². The maximum atomic E-state index is 12.9. The van der Waals surface area contributed by atoms with Gasteiger partial charge in [0.15, 0.2) is 0 Å². The molecule has 1 saturated carbocycles. The van der Waals surface area contributed by atoms with Crippen molar-refractivity contribution in [3.05, 3.63) is 42.9 Å². The van der Waals surface area contributed by atoms with E-state index in [1.807, 2.05) is 36.5 Å². The van der Waals surface area contributed by atoms with E-state index in [4.69, 9.17) is 0 Å². The lowest BCUT2D eigenvalue weighted by atomic mass is 9.81. The number of nitrogens with zero attached hydrogens (tertiary/aromatic N) is 5. The van der Waals surface area contributed by atoms with E-state index < -0.39 is 0 Å². The maximum Gasteiger partial charge on any atom is 0.228 e. The van der Waals surface area contributed by atoms with Crippen LogP contribution in [0.5, 0.6) is 0 Å². The van der Waals surface area contributed by atoms with Crippen molar-refractivity contribution < 1.29 is 9.59 Å². The van der Waals surface area contributed by atoms with Gasteiger partial charge in [-0.15, -0.1) is 0 Å². The molecule has 0 bridgehead atoms. The summed E-state index contributed by atoms with van der Waals surface area (Å²) < 4.78 is 1.78. The van der Waals surface area contributed by atoms with Gasteiger partial charge in [0, 0.05) is 68.4 Å². The highest BCUT2D eigenvalue weighted by Crippen LogP contribution is 2.31.